The third-order valence-electron chi connectivity index (χ3n) is 4.16. The van der Waals surface area contributed by atoms with Crippen molar-refractivity contribution in [1.29, 1.82) is 0 Å². The van der Waals surface area contributed by atoms with Crippen molar-refractivity contribution in [2.75, 3.05) is 11.5 Å². The molecule has 0 bridgehead atoms. The number of amides is 4. The quantitative estimate of drug-likeness (QED) is 0.315. The van der Waals surface area contributed by atoms with E-state index in [0.29, 0.717) is 28.7 Å². The van der Waals surface area contributed by atoms with Crippen molar-refractivity contribution < 1.29 is 23.9 Å². The maximum absolute atomic E-state index is 13.0. The first-order chi connectivity index (χ1) is 14.7. The maximum atomic E-state index is 13.0. The van der Waals surface area contributed by atoms with E-state index in [9.17, 15) is 14.4 Å². The third kappa shape index (κ3) is 5.19. The van der Waals surface area contributed by atoms with Crippen LogP contribution < -0.4 is 19.7 Å². The van der Waals surface area contributed by atoms with Gasteiger partial charge < -0.3 is 9.47 Å². The smallest absolute Gasteiger partial charge is 0.335 e. The first kappa shape index (κ1) is 23.1. The highest BCUT2D eigenvalue weighted by molar-refractivity contribution is 14.1. The van der Waals surface area contributed by atoms with Crippen LogP contribution in [0.5, 0.6) is 11.5 Å². The van der Waals surface area contributed by atoms with E-state index in [-0.39, 0.29) is 17.4 Å². The monoisotopic (exact) mass is 554 g/mol. The first-order valence-electron chi connectivity index (χ1n) is 9.51. The number of hydrogen-bond donors (Lipinski definition) is 1. The Labute approximate surface area is 198 Å². The number of halogens is 2. The fraction of sp³-hybridized carbons (Fsp3) is 0.227. The summed E-state index contributed by atoms with van der Waals surface area (Å²) in [4.78, 5) is 38.7. The standard InChI is InChI=1S/C22H20ClIN2O5/c1-4-30-18-10-13(9-17(24)19(18)31-12(2)3)8-16-20(27)25-22(29)26(21(16)28)15-7-5-6-14(23)11-15/h5-12H,4H2,1-3H3,(H,25,27,29)/b16-8+. The van der Waals surface area contributed by atoms with Crippen molar-refractivity contribution in [2.45, 2.75) is 26.9 Å². The summed E-state index contributed by atoms with van der Waals surface area (Å²) in [5.74, 6) is -0.425. The topological polar surface area (TPSA) is 84.9 Å². The SMILES string of the molecule is CCOc1cc(/C=C2\C(=O)NC(=O)N(c3cccc(Cl)c3)C2=O)cc(I)c1OC(C)C. The first-order valence-corrected chi connectivity index (χ1v) is 11.0. The normalized spacial score (nSPS) is 15.5. The number of carbonyl (C=O) groups is 3. The van der Waals surface area contributed by atoms with E-state index in [4.69, 9.17) is 21.1 Å². The molecule has 1 aliphatic rings. The van der Waals surface area contributed by atoms with Gasteiger partial charge in [0, 0.05) is 5.02 Å². The van der Waals surface area contributed by atoms with Crippen molar-refractivity contribution in [3.63, 3.8) is 0 Å². The summed E-state index contributed by atoms with van der Waals surface area (Å²) >= 11 is 8.10. The molecule has 1 fully saturated rings. The van der Waals surface area contributed by atoms with Crippen molar-refractivity contribution in [3.05, 3.63) is 56.1 Å². The summed E-state index contributed by atoms with van der Waals surface area (Å²) in [6.07, 6.45) is 1.37. The Morgan fingerprint density at radius 3 is 2.58 bits per heavy atom. The van der Waals surface area contributed by atoms with Crippen LogP contribution in [0.3, 0.4) is 0 Å². The highest BCUT2D eigenvalue weighted by Crippen LogP contribution is 2.36. The van der Waals surface area contributed by atoms with E-state index in [1.54, 1.807) is 30.3 Å². The molecule has 1 heterocycles. The molecule has 0 saturated carbocycles. The van der Waals surface area contributed by atoms with E-state index in [2.05, 4.69) is 27.9 Å². The van der Waals surface area contributed by atoms with Gasteiger partial charge in [0.05, 0.1) is 22.0 Å². The van der Waals surface area contributed by atoms with Crippen LogP contribution >= 0.6 is 34.2 Å². The summed E-state index contributed by atoms with van der Waals surface area (Å²) in [6, 6.07) is 8.90. The second-order valence-corrected chi connectivity index (χ2v) is 8.47. The van der Waals surface area contributed by atoms with Gasteiger partial charge in [-0.1, -0.05) is 17.7 Å². The zero-order valence-electron chi connectivity index (χ0n) is 17.1. The minimum atomic E-state index is -0.834. The zero-order valence-corrected chi connectivity index (χ0v) is 20.0. The van der Waals surface area contributed by atoms with Crippen LogP contribution in [0.4, 0.5) is 10.5 Å². The molecular weight excluding hydrogens is 535 g/mol. The van der Waals surface area contributed by atoms with Gasteiger partial charge >= 0.3 is 6.03 Å². The molecule has 0 unspecified atom stereocenters. The summed E-state index contributed by atoms with van der Waals surface area (Å²) in [7, 11) is 0. The summed E-state index contributed by atoms with van der Waals surface area (Å²) in [5.41, 5.74) is 0.636. The number of barbiturate groups is 1. The van der Waals surface area contributed by atoms with E-state index < -0.39 is 17.8 Å². The van der Waals surface area contributed by atoms with Gasteiger partial charge in [-0.25, -0.2) is 9.69 Å². The lowest BCUT2D eigenvalue weighted by Crippen LogP contribution is -2.54. The Morgan fingerprint density at radius 2 is 1.94 bits per heavy atom. The van der Waals surface area contributed by atoms with Crippen LogP contribution in [0.25, 0.3) is 6.08 Å². The Balaban J connectivity index is 2.04. The van der Waals surface area contributed by atoms with Gasteiger partial charge in [-0.15, -0.1) is 0 Å². The van der Waals surface area contributed by atoms with Crippen LogP contribution in [-0.4, -0.2) is 30.6 Å². The Hall–Kier alpha value is -2.59. The number of carbonyl (C=O) groups excluding carboxylic acids is 3. The fourth-order valence-electron chi connectivity index (χ4n) is 2.96. The highest BCUT2D eigenvalue weighted by atomic mass is 127. The summed E-state index contributed by atoms with van der Waals surface area (Å²) in [5, 5.41) is 2.56. The average Bonchev–Trinajstić information content (AvgIpc) is 2.68. The van der Waals surface area contributed by atoms with Crippen molar-refractivity contribution in [3.8, 4) is 11.5 Å². The van der Waals surface area contributed by atoms with Crippen molar-refractivity contribution in [1.82, 2.24) is 5.32 Å². The van der Waals surface area contributed by atoms with Crippen LogP contribution in [-0.2, 0) is 9.59 Å². The van der Waals surface area contributed by atoms with Crippen LogP contribution in [0.2, 0.25) is 5.02 Å². The molecule has 3 rings (SSSR count). The second kappa shape index (κ2) is 9.69. The number of benzene rings is 2. The lowest BCUT2D eigenvalue weighted by Gasteiger charge is -2.26. The Kier molecular flexibility index (Phi) is 7.22. The molecule has 7 nitrogen and oxygen atoms in total. The lowest BCUT2D eigenvalue weighted by molar-refractivity contribution is -0.122. The number of nitrogens with one attached hydrogen (secondary N) is 1. The fourth-order valence-corrected chi connectivity index (χ4v) is 3.90. The number of rotatable bonds is 6. The molecule has 4 amide bonds. The van der Waals surface area contributed by atoms with Crippen molar-refractivity contribution >= 4 is 63.8 Å². The van der Waals surface area contributed by atoms with E-state index >= 15 is 0 Å². The predicted molar refractivity (Wildman–Crippen MR) is 127 cm³/mol. The summed E-state index contributed by atoms with van der Waals surface area (Å²) < 4.78 is 12.3. The third-order valence-corrected chi connectivity index (χ3v) is 5.20. The minimum absolute atomic E-state index is 0.0557. The van der Waals surface area contributed by atoms with Gasteiger partial charge in [0.1, 0.15) is 5.57 Å². The Bertz CT molecular complexity index is 1080. The molecule has 2 aromatic rings. The van der Waals surface area contributed by atoms with Gasteiger partial charge in [-0.2, -0.15) is 0 Å². The number of urea groups is 1. The molecule has 162 valence electrons. The van der Waals surface area contributed by atoms with Gasteiger partial charge in [-0.05, 0) is 85.3 Å². The van der Waals surface area contributed by atoms with Gasteiger partial charge in [0.25, 0.3) is 11.8 Å². The van der Waals surface area contributed by atoms with Gasteiger partial charge in [-0.3, -0.25) is 14.9 Å². The number of ether oxygens (including phenoxy) is 2. The minimum Gasteiger partial charge on any atom is -0.490 e. The zero-order chi connectivity index (χ0) is 22.7. The van der Waals surface area contributed by atoms with Gasteiger partial charge in [0.15, 0.2) is 11.5 Å². The molecule has 9 heteroatoms. The van der Waals surface area contributed by atoms with Crippen LogP contribution in [0.1, 0.15) is 26.3 Å². The molecule has 0 aromatic heterocycles. The molecule has 31 heavy (non-hydrogen) atoms. The van der Waals surface area contributed by atoms with Gasteiger partial charge in [0.2, 0.25) is 0 Å². The molecule has 1 N–H and O–H groups in total. The molecule has 0 radical (unpaired) electrons. The number of hydrogen-bond acceptors (Lipinski definition) is 5. The number of anilines is 1. The van der Waals surface area contributed by atoms with Crippen LogP contribution in [0.15, 0.2) is 42.0 Å². The van der Waals surface area contributed by atoms with Crippen LogP contribution in [0, 0.1) is 3.57 Å². The molecule has 1 saturated heterocycles. The molecule has 0 atom stereocenters. The number of nitrogens with zero attached hydrogens (tertiary/aromatic N) is 1. The molecule has 0 spiro atoms. The second-order valence-electron chi connectivity index (χ2n) is 6.87. The predicted octanol–water partition coefficient (Wildman–Crippen LogP) is 4.80. The maximum Gasteiger partial charge on any atom is 0.335 e. The van der Waals surface area contributed by atoms with Crippen molar-refractivity contribution in [2.24, 2.45) is 0 Å². The lowest BCUT2D eigenvalue weighted by atomic mass is 10.1. The number of imide groups is 2. The molecular formula is C22H20ClIN2O5. The Morgan fingerprint density at radius 1 is 1.19 bits per heavy atom. The highest BCUT2D eigenvalue weighted by Gasteiger charge is 2.37. The average molecular weight is 555 g/mol. The molecule has 1 aliphatic heterocycles. The molecule has 2 aromatic carbocycles. The summed E-state index contributed by atoms with van der Waals surface area (Å²) in [6.45, 7) is 6.09. The molecule has 0 aliphatic carbocycles. The van der Waals surface area contributed by atoms with E-state index in [0.717, 1.165) is 8.47 Å². The van der Waals surface area contributed by atoms with E-state index in [1.165, 1.54) is 12.1 Å². The largest absolute Gasteiger partial charge is 0.490 e. The van der Waals surface area contributed by atoms with E-state index in [1.807, 2.05) is 20.8 Å².